The first-order valence-electron chi connectivity index (χ1n) is 5.42. The Morgan fingerprint density at radius 1 is 1.00 bits per heavy atom. The van der Waals surface area contributed by atoms with E-state index in [1.165, 1.54) is 0 Å². The SMILES string of the molecule is [CH2]CCOCc1cc(OC)c(OC)c(OC)c1. The minimum atomic E-state index is 0.506. The highest BCUT2D eigenvalue weighted by Crippen LogP contribution is 2.38. The molecule has 0 aliphatic heterocycles. The largest absolute Gasteiger partial charge is 0.493 e. The number of rotatable bonds is 7. The van der Waals surface area contributed by atoms with Gasteiger partial charge in [0.2, 0.25) is 5.75 Å². The number of ether oxygens (including phenoxy) is 4. The molecule has 4 heteroatoms. The average Bonchev–Trinajstić information content (AvgIpc) is 2.37. The van der Waals surface area contributed by atoms with E-state index in [1.807, 2.05) is 12.1 Å². The van der Waals surface area contributed by atoms with Crippen LogP contribution in [-0.4, -0.2) is 27.9 Å². The van der Waals surface area contributed by atoms with Gasteiger partial charge in [-0.2, -0.15) is 0 Å². The molecular weight excluding hydrogens is 220 g/mol. The molecule has 0 atom stereocenters. The van der Waals surface area contributed by atoms with E-state index in [1.54, 1.807) is 21.3 Å². The lowest BCUT2D eigenvalue weighted by Gasteiger charge is -2.14. The van der Waals surface area contributed by atoms with Crippen LogP contribution in [0.5, 0.6) is 17.2 Å². The van der Waals surface area contributed by atoms with Crippen LogP contribution in [0.15, 0.2) is 12.1 Å². The maximum absolute atomic E-state index is 5.43. The van der Waals surface area contributed by atoms with Gasteiger partial charge in [-0.15, -0.1) is 0 Å². The maximum atomic E-state index is 5.43. The first-order chi connectivity index (χ1) is 8.26. The van der Waals surface area contributed by atoms with E-state index >= 15 is 0 Å². The fourth-order valence-electron chi connectivity index (χ4n) is 1.51. The Morgan fingerprint density at radius 2 is 1.59 bits per heavy atom. The van der Waals surface area contributed by atoms with E-state index < -0.39 is 0 Å². The minimum Gasteiger partial charge on any atom is -0.493 e. The van der Waals surface area contributed by atoms with Gasteiger partial charge in [0, 0.05) is 6.61 Å². The molecule has 1 aromatic carbocycles. The van der Waals surface area contributed by atoms with E-state index in [9.17, 15) is 0 Å². The molecule has 0 unspecified atom stereocenters. The van der Waals surface area contributed by atoms with Gasteiger partial charge in [-0.1, -0.05) is 6.92 Å². The van der Waals surface area contributed by atoms with Crippen LogP contribution in [0.2, 0.25) is 0 Å². The first kappa shape index (κ1) is 13.6. The van der Waals surface area contributed by atoms with E-state index in [2.05, 4.69) is 6.92 Å². The summed E-state index contributed by atoms with van der Waals surface area (Å²) in [6.07, 6.45) is 0.754. The Morgan fingerprint density at radius 3 is 2.00 bits per heavy atom. The second-order valence-corrected chi connectivity index (χ2v) is 3.44. The van der Waals surface area contributed by atoms with Crippen molar-refractivity contribution in [3.8, 4) is 17.2 Å². The molecular formula is C13H19O4. The van der Waals surface area contributed by atoms with Gasteiger partial charge in [-0.25, -0.2) is 0 Å². The van der Waals surface area contributed by atoms with Crippen molar-refractivity contribution in [3.63, 3.8) is 0 Å². The molecule has 0 aromatic heterocycles. The van der Waals surface area contributed by atoms with Crippen LogP contribution < -0.4 is 14.2 Å². The summed E-state index contributed by atoms with van der Waals surface area (Å²) in [5.74, 6) is 1.87. The molecule has 0 amide bonds. The van der Waals surface area contributed by atoms with Crippen LogP contribution >= 0.6 is 0 Å². The number of methoxy groups -OCH3 is 3. The smallest absolute Gasteiger partial charge is 0.203 e. The first-order valence-corrected chi connectivity index (χ1v) is 5.42. The molecule has 0 fully saturated rings. The third-order valence-corrected chi connectivity index (χ3v) is 2.28. The van der Waals surface area contributed by atoms with Crippen LogP contribution in [0.1, 0.15) is 12.0 Å². The lowest BCUT2D eigenvalue weighted by molar-refractivity contribution is 0.124. The fraction of sp³-hybridized carbons (Fsp3) is 0.462. The predicted molar refractivity (Wildman–Crippen MR) is 65.7 cm³/mol. The van der Waals surface area contributed by atoms with Crippen molar-refractivity contribution in [3.05, 3.63) is 24.6 Å². The van der Waals surface area contributed by atoms with Gasteiger partial charge in [0.25, 0.3) is 0 Å². The lowest BCUT2D eigenvalue weighted by atomic mass is 10.2. The molecule has 95 valence electrons. The van der Waals surface area contributed by atoms with E-state index in [-0.39, 0.29) is 0 Å². The van der Waals surface area contributed by atoms with E-state index in [0.29, 0.717) is 30.5 Å². The van der Waals surface area contributed by atoms with Crippen LogP contribution in [0.25, 0.3) is 0 Å². The molecule has 0 aliphatic rings. The van der Waals surface area contributed by atoms with E-state index in [0.717, 1.165) is 12.0 Å². The van der Waals surface area contributed by atoms with Crippen molar-refractivity contribution in [2.24, 2.45) is 0 Å². The van der Waals surface area contributed by atoms with Gasteiger partial charge in [-0.05, 0) is 24.1 Å². The molecule has 0 heterocycles. The summed E-state index contributed by atoms with van der Waals surface area (Å²) in [6, 6.07) is 3.76. The second kappa shape index (κ2) is 7.01. The molecule has 0 aliphatic carbocycles. The molecule has 1 aromatic rings. The van der Waals surface area contributed by atoms with Crippen LogP contribution in [0.4, 0.5) is 0 Å². The second-order valence-electron chi connectivity index (χ2n) is 3.44. The van der Waals surface area contributed by atoms with Gasteiger partial charge >= 0.3 is 0 Å². The van der Waals surface area contributed by atoms with Crippen LogP contribution in [0.3, 0.4) is 0 Å². The van der Waals surface area contributed by atoms with Crippen LogP contribution in [-0.2, 0) is 11.3 Å². The molecule has 1 rings (SSSR count). The third kappa shape index (κ3) is 3.53. The van der Waals surface area contributed by atoms with E-state index in [4.69, 9.17) is 18.9 Å². The quantitative estimate of drug-likeness (QED) is 0.685. The van der Waals surface area contributed by atoms with Crippen molar-refractivity contribution >= 4 is 0 Å². The monoisotopic (exact) mass is 239 g/mol. The number of benzene rings is 1. The zero-order valence-electron chi connectivity index (χ0n) is 10.6. The Bertz CT molecular complexity index is 324. The Labute approximate surface area is 102 Å². The van der Waals surface area contributed by atoms with Crippen molar-refractivity contribution < 1.29 is 18.9 Å². The number of hydrogen-bond acceptors (Lipinski definition) is 4. The Balaban J connectivity index is 2.92. The summed E-state index contributed by atoms with van der Waals surface area (Å²) in [6.45, 7) is 4.86. The van der Waals surface area contributed by atoms with Gasteiger partial charge in [0.05, 0.1) is 27.9 Å². The molecule has 17 heavy (non-hydrogen) atoms. The topological polar surface area (TPSA) is 36.9 Å². The molecule has 0 saturated heterocycles. The summed E-state index contributed by atoms with van der Waals surface area (Å²) in [5.41, 5.74) is 0.980. The summed E-state index contributed by atoms with van der Waals surface area (Å²) >= 11 is 0. The van der Waals surface area contributed by atoms with Crippen molar-refractivity contribution in [1.82, 2.24) is 0 Å². The predicted octanol–water partition coefficient (Wildman–Crippen LogP) is 2.45. The number of hydrogen-bond donors (Lipinski definition) is 0. The van der Waals surface area contributed by atoms with Crippen molar-refractivity contribution in [1.29, 1.82) is 0 Å². The minimum absolute atomic E-state index is 0.506. The lowest BCUT2D eigenvalue weighted by Crippen LogP contribution is -1.99. The molecule has 1 radical (unpaired) electrons. The molecule has 4 nitrogen and oxygen atoms in total. The van der Waals surface area contributed by atoms with Gasteiger partial charge in [0.15, 0.2) is 11.5 Å². The van der Waals surface area contributed by atoms with Crippen LogP contribution in [0, 0.1) is 6.92 Å². The highest BCUT2D eigenvalue weighted by atomic mass is 16.5. The maximum Gasteiger partial charge on any atom is 0.203 e. The molecule has 0 saturated carbocycles. The zero-order valence-corrected chi connectivity index (χ0v) is 10.6. The molecule has 0 N–H and O–H groups in total. The van der Waals surface area contributed by atoms with Crippen molar-refractivity contribution in [2.45, 2.75) is 13.0 Å². The average molecular weight is 239 g/mol. The summed E-state index contributed by atoms with van der Waals surface area (Å²) in [5, 5.41) is 0. The standard InChI is InChI=1S/C13H19O4/c1-5-6-17-9-10-7-11(14-2)13(16-4)12(8-10)15-3/h7-8H,1,5-6,9H2,2-4H3. The van der Waals surface area contributed by atoms with Gasteiger partial charge < -0.3 is 18.9 Å². The summed E-state index contributed by atoms with van der Waals surface area (Å²) in [7, 11) is 4.77. The van der Waals surface area contributed by atoms with Gasteiger partial charge in [0.1, 0.15) is 0 Å². The summed E-state index contributed by atoms with van der Waals surface area (Å²) < 4.78 is 21.2. The highest BCUT2D eigenvalue weighted by Gasteiger charge is 2.12. The zero-order chi connectivity index (χ0) is 12.7. The highest BCUT2D eigenvalue weighted by molar-refractivity contribution is 5.53. The fourth-order valence-corrected chi connectivity index (χ4v) is 1.51. The Kier molecular flexibility index (Phi) is 5.63. The van der Waals surface area contributed by atoms with Crippen molar-refractivity contribution in [2.75, 3.05) is 27.9 Å². The molecule has 0 bridgehead atoms. The van der Waals surface area contributed by atoms with Gasteiger partial charge in [-0.3, -0.25) is 0 Å². The Hall–Kier alpha value is -1.42. The third-order valence-electron chi connectivity index (χ3n) is 2.28. The molecule has 0 spiro atoms. The summed E-state index contributed by atoms with van der Waals surface area (Å²) in [4.78, 5) is 0. The normalized spacial score (nSPS) is 10.1.